The van der Waals surface area contributed by atoms with Crippen LogP contribution in [0.5, 0.6) is 0 Å². The van der Waals surface area contributed by atoms with E-state index in [0.717, 1.165) is 0 Å². The van der Waals surface area contributed by atoms with Crippen LogP contribution < -0.4 is 16.4 Å². The molecule has 2 amide bonds. The average molecular weight is 550 g/mol. The third kappa shape index (κ3) is 16.2. The van der Waals surface area contributed by atoms with Crippen LogP contribution in [-0.4, -0.2) is 87.7 Å². The first-order valence-corrected chi connectivity index (χ1v) is 12.0. The molecule has 214 valence electrons. The van der Waals surface area contributed by atoms with Crippen LogP contribution >= 0.6 is 0 Å². The van der Waals surface area contributed by atoms with E-state index < -0.39 is 59.0 Å². The number of hydrogen-bond donors (Lipinski definition) is 3. The predicted octanol–water partition coefficient (Wildman–Crippen LogP) is -0.566. The summed E-state index contributed by atoms with van der Waals surface area (Å²) in [6, 6.07) is -3.77. The number of carbonyl (C=O) groups excluding carboxylic acids is 6. The molecule has 15 nitrogen and oxygen atoms in total. The van der Waals surface area contributed by atoms with Gasteiger partial charge < -0.3 is 36.9 Å². The number of carbonyl (C=O) groups is 6. The van der Waals surface area contributed by atoms with Gasteiger partial charge in [0.1, 0.15) is 30.3 Å². The van der Waals surface area contributed by atoms with Crippen molar-refractivity contribution in [2.45, 2.75) is 83.0 Å². The molecule has 0 rings (SSSR count). The summed E-state index contributed by atoms with van der Waals surface area (Å²) >= 11 is 0. The van der Waals surface area contributed by atoms with Gasteiger partial charge in [0.25, 0.3) is 0 Å². The third-order valence-corrected chi connectivity index (χ3v) is 4.75. The zero-order valence-electron chi connectivity index (χ0n) is 22.3. The number of nitrogens with zero attached hydrogens (tertiary/aromatic N) is 4. The number of amides is 2. The standard InChI is InChI=1S/C24H35N7O8/c1-5-12-38-22(36)17(25)8-11-20(34)30-18(9-6-15(32)13-28-26)21(35)31-19(10-7-16(33)14-29-27)23(37)39-24(2,3)4/h5,13-14,17-19H,1,6-12,25H2,2-4H3,(H,30,34)(H,31,35)/t17-,18-,19-/m0/s1. The van der Waals surface area contributed by atoms with E-state index in [9.17, 15) is 28.8 Å². The third-order valence-electron chi connectivity index (χ3n) is 4.75. The lowest BCUT2D eigenvalue weighted by atomic mass is 10.0. The highest BCUT2D eigenvalue weighted by Crippen LogP contribution is 2.12. The minimum Gasteiger partial charge on any atom is -0.460 e. The summed E-state index contributed by atoms with van der Waals surface area (Å²) in [7, 11) is 0. The first-order valence-electron chi connectivity index (χ1n) is 12.0. The number of nitrogens with two attached hydrogens (primary N) is 1. The fraction of sp³-hybridized carbons (Fsp3) is 0.583. The molecule has 0 unspecified atom stereocenters. The summed E-state index contributed by atoms with van der Waals surface area (Å²) in [5.41, 5.74) is 21.8. The van der Waals surface area contributed by atoms with Crippen LogP contribution in [0.2, 0.25) is 0 Å². The maximum atomic E-state index is 13.1. The van der Waals surface area contributed by atoms with Crippen LogP contribution in [0.3, 0.4) is 0 Å². The Morgan fingerprint density at radius 1 is 0.872 bits per heavy atom. The SMILES string of the molecule is C=CCOC(=O)[C@@H](N)CCC(=O)N[C@@H](CCC(=O)C=[N+]=[N-])C(=O)N[C@@H](CCC(=O)C=[N+]=[N-])C(=O)OC(C)(C)C. The van der Waals surface area contributed by atoms with E-state index >= 15 is 0 Å². The van der Waals surface area contributed by atoms with Crippen molar-refractivity contribution in [3.63, 3.8) is 0 Å². The van der Waals surface area contributed by atoms with Gasteiger partial charge in [-0.15, -0.1) is 0 Å². The van der Waals surface area contributed by atoms with Crippen molar-refractivity contribution in [2.75, 3.05) is 6.61 Å². The van der Waals surface area contributed by atoms with Gasteiger partial charge in [-0.05, 0) is 40.0 Å². The summed E-state index contributed by atoms with van der Waals surface area (Å²) < 4.78 is 10.1. The van der Waals surface area contributed by atoms with Gasteiger partial charge in [-0.2, -0.15) is 9.58 Å². The fourth-order valence-electron chi connectivity index (χ4n) is 2.91. The lowest BCUT2D eigenvalue weighted by molar-refractivity contribution is -0.159. The largest absolute Gasteiger partial charge is 0.460 e. The number of ether oxygens (including phenoxy) is 2. The van der Waals surface area contributed by atoms with Crippen LogP contribution in [-0.2, 0) is 38.2 Å². The Bertz CT molecular complexity index is 1020. The quantitative estimate of drug-likeness (QED) is 0.0650. The Labute approximate surface area is 225 Å². The maximum absolute atomic E-state index is 13.1. The van der Waals surface area contributed by atoms with Crippen molar-refractivity contribution >= 4 is 47.7 Å². The average Bonchev–Trinajstić information content (AvgIpc) is 2.84. The fourth-order valence-corrected chi connectivity index (χ4v) is 2.91. The number of rotatable bonds is 18. The Balaban J connectivity index is 5.61. The summed E-state index contributed by atoms with van der Waals surface area (Å²) in [4.78, 5) is 78.8. The van der Waals surface area contributed by atoms with E-state index in [1.165, 1.54) is 6.08 Å². The van der Waals surface area contributed by atoms with Crippen LogP contribution in [0.15, 0.2) is 12.7 Å². The van der Waals surface area contributed by atoms with Gasteiger partial charge >= 0.3 is 24.4 Å². The van der Waals surface area contributed by atoms with E-state index in [0.29, 0.717) is 12.4 Å². The van der Waals surface area contributed by atoms with Crippen molar-refractivity contribution in [1.29, 1.82) is 0 Å². The summed E-state index contributed by atoms with van der Waals surface area (Å²) in [6.07, 6.45) is 1.19. The maximum Gasteiger partial charge on any atom is 0.329 e. The van der Waals surface area contributed by atoms with Crippen molar-refractivity contribution in [2.24, 2.45) is 5.73 Å². The topological polar surface area (TPSA) is 244 Å². The van der Waals surface area contributed by atoms with Gasteiger partial charge in [-0.1, -0.05) is 12.7 Å². The molecule has 4 N–H and O–H groups in total. The Morgan fingerprint density at radius 3 is 1.90 bits per heavy atom. The van der Waals surface area contributed by atoms with Crippen molar-refractivity contribution in [1.82, 2.24) is 10.6 Å². The molecule has 0 aromatic heterocycles. The van der Waals surface area contributed by atoms with Gasteiger partial charge in [0.2, 0.25) is 23.4 Å². The monoisotopic (exact) mass is 549 g/mol. The minimum absolute atomic E-state index is 0.0522. The highest BCUT2D eigenvalue weighted by atomic mass is 16.6. The van der Waals surface area contributed by atoms with Crippen LogP contribution in [0, 0.1) is 0 Å². The highest BCUT2D eigenvalue weighted by molar-refractivity contribution is 6.25. The predicted molar refractivity (Wildman–Crippen MR) is 136 cm³/mol. The molecule has 39 heavy (non-hydrogen) atoms. The zero-order chi connectivity index (χ0) is 30.0. The molecular formula is C24H35N7O8. The van der Waals surface area contributed by atoms with Crippen LogP contribution in [0.1, 0.15) is 59.3 Å². The minimum atomic E-state index is -1.34. The second-order valence-electron chi connectivity index (χ2n) is 9.28. The molecule has 0 aliphatic heterocycles. The first kappa shape index (κ1) is 34.7. The smallest absolute Gasteiger partial charge is 0.329 e. The molecule has 0 aromatic rings. The van der Waals surface area contributed by atoms with Crippen molar-refractivity contribution in [3.8, 4) is 0 Å². The lowest BCUT2D eigenvalue weighted by Gasteiger charge is -2.26. The molecule has 0 aliphatic rings. The van der Waals surface area contributed by atoms with Crippen LogP contribution in [0.4, 0.5) is 0 Å². The second-order valence-corrected chi connectivity index (χ2v) is 9.28. The van der Waals surface area contributed by atoms with E-state index in [4.69, 9.17) is 26.3 Å². The van der Waals surface area contributed by atoms with Gasteiger partial charge in [-0.25, -0.2) is 4.79 Å². The van der Waals surface area contributed by atoms with Gasteiger partial charge in [0.05, 0.1) is 0 Å². The summed E-state index contributed by atoms with van der Waals surface area (Å²) in [5, 5.41) is 4.84. The number of esters is 2. The van der Waals surface area contributed by atoms with E-state index in [1.807, 2.05) is 0 Å². The van der Waals surface area contributed by atoms with E-state index in [2.05, 4.69) is 26.8 Å². The molecule has 0 spiro atoms. The number of nitrogens with one attached hydrogen (secondary N) is 2. The summed E-state index contributed by atoms with van der Waals surface area (Å²) in [6.45, 7) is 8.15. The molecule has 0 aliphatic carbocycles. The number of Topliss-reactive ketones (excluding diaryl/α,β-unsaturated/α-hetero) is 2. The van der Waals surface area contributed by atoms with Crippen molar-refractivity contribution < 1.29 is 47.8 Å². The zero-order valence-corrected chi connectivity index (χ0v) is 22.3. The molecular weight excluding hydrogens is 514 g/mol. The second kappa shape index (κ2) is 18.0. The van der Waals surface area contributed by atoms with E-state index in [1.54, 1.807) is 20.8 Å². The molecule has 15 heteroatoms. The van der Waals surface area contributed by atoms with Gasteiger partial charge in [-0.3, -0.25) is 24.0 Å². The normalized spacial score (nSPS) is 12.7. The Hall–Kier alpha value is -4.32. The molecule has 0 heterocycles. The molecule has 3 atom stereocenters. The molecule has 0 saturated carbocycles. The first-order chi connectivity index (χ1) is 18.2. The van der Waals surface area contributed by atoms with Crippen molar-refractivity contribution in [3.05, 3.63) is 23.7 Å². The molecule has 0 fully saturated rings. The number of ketones is 2. The molecule has 0 bridgehead atoms. The number of hydrogen-bond acceptors (Lipinski definition) is 9. The Kier molecular flexibility index (Phi) is 16.0. The summed E-state index contributed by atoms with van der Waals surface area (Å²) in [5.74, 6) is -4.43. The van der Waals surface area contributed by atoms with Gasteiger partial charge in [0, 0.05) is 19.3 Å². The molecule has 0 saturated heterocycles. The molecule has 0 aromatic carbocycles. The van der Waals surface area contributed by atoms with Crippen LogP contribution in [0.25, 0.3) is 11.1 Å². The highest BCUT2D eigenvalue weighted by Gasteiger charge is 2.31. The Morgan fingerprint density at radius 2 is 1.41 bits per heavy atom. The lowest BCUT2D eigenvalue weighted by Crippen LogP contribution is -2.53. The molecule has 0 radical (unpaired) electrons. The van der Waals surface area contributed by atoms with Gasteiger partial charge in [0.15, 0.2) is 0 Å². The van der Waals surface area contributed by atoms with E-state index in [-0.39, 0.29) is 45.1 Å².